The molecule has 1 saturated heterocycles. The summed E-state index contributed by atoms with van der Waals surface area (Å²) < 4.78 is 7.48. The molecule has 1 unspecified atom stereocenters. The maximum Gasteiger partial charge on any atom is 0.223 e. The lowest BCUT2D eigenvalue weighted by Gasteiger charge is -2.17. The van der Waals surface area contributed by atoms with Crippen molar-refractivity contribution in [2.75, 3.05) is 13.7 Å². The monoisotopic (exact) mass is 454 g/mol. The average Bonchev–Trinajstić information content (AvgIpc) is 3.41. The van der Waals surface area contributed by atoms with Gasteiger partial charge in [-0.05, 0) is 36.1 Å². The van der Waals surface area contributed by atoms with Crippen LogP contribution in [0.4, 0.5) is 0 Å². The molecule has 0 spiro atoms. The van der Waals surface area contributed by atoms with Crippen LogP contribution < -0.4 is 4.74 Å². The number of benzene rings is 2. The second-order valence-electron chi connectivity index (χ2n) is 9.01. The summed E-state index contributed by atoms with van der Waals surface area (Å²) >= 11 is 0. The zero-order chi connectivity index (χ0) is 23.5. The number of likely N-dealkylation sites (tertiary alicyclic amines) is 1. The molecule has 3 heterocycles. The molecule has 1 aliphatic heterocycles. The van der Waals surface area contributed by atoms with E-state index in [0.29, 0.717) is 25.4 Å². The Morgan fingerprint density at radius 2 is 1.82 bits per heavy atom. The third-order valence-electron chi connectivity index (χ3n) is 6.60. The largest absolute Gasteiger partial charge is 0.497 e. The van der Waals surface area contributed by atoms with Crippen LogP contribution in [0.5, 0.6) is 5.75 Å². The number of methoxy groups -OCH3 is 1. The van der Waals surface area contributed by atoms with Gasteiger partial charge in [-0.3, -0.25) is 4.79 Å². The van der Waals surface area contributed by atoms with Crippen LogP contribution >= 0.6 is 0 Å². The summed E-state index contributed by atoms with van der Waals surface area (Å²) in [6.07, 6.45) is 4.70. The Kier molecular flexibility index (Phi) is 6.30. The first-order valence-corrected chi connectivity index (χ1v) is 12.0. The molecule has 174 valence electrons. The molecule has 1 aliphatic rings. The normalized spacial score (nSPS) is 15.9. The summed E-state index contributed by atoms with van der Waals surface area (Å²) in [6, 6.07) is 20.3. The number of ether oxygens (including phenoxy) is 1. The fourth-order valence-electron chi connectivity index (χ4n) is 4.88. The van der Waals surface area contributed by atoms with Gasteiger partial charge in [0, 0.05) is 36.8 Å². The van der Waals surface area contributed by atoms with Gasteiger partial charge in [0.2, 0.25) is 5.91 Å². The number of carbonyl (C=O) groups excluding carboxylic acids is 1. The summed E-state index contributed by atoms with van der Waals surface area (Å²) in [5, 5.41) is 0. The lowest BCUT2D eigenvalue weighted by Crippen LogP contribution is -2.24. The highest BCUT2D eigenvalue weighted by Crippen LogP contribution is 2.29. The van der Waals surface area contributed by atoms with Crippen LogP contribution in [0, 0.1) is 5.92 Å². The van der Waals surface area contributed by atoms with Crippen LogP contribution in [0.1, 0.15) is 37.3 Å². The first-order valence-electron chi connectivity index (χ1n) is 12.0. The van der Waals surface area contributed by atoms with Crippen molar-refractivity contribution in [3.05, 3.63) is 78.0 Å². The van der Waals surface area contributed by atoms with Crippen molar-refractivity contribution in [2.45, 2.75) is 39.3 Å². The lowest BCUT2D eigenvalue weighted by molar-refractivity contribution is -0.128. The van der Waals surface area contributed by atoms with Gasteiger partial charge in [0.25, 0.3) is 0 Å². The number of hydrogen-bond acceptors (Lipinski definition) is 4. The number of fused-ring (bicyclic) bond motifs is 1. The zero-order valence-electron chi connectivity index (χ0n) is 19.8. The van der Waals surface area contributed by atoms with E-state index in [4.69, 9.17) is 14.7 Å². The molecule has 0 radical (unpaired) electrons. The minimum atomic E-state index is 0.240. The maximum absolute atomic E-state index is 12.7. The van der Waals surface area contributed by atoms with E-state index in [-0.39, 0.29) is 5.91 Å². The van der Waals surface area contributed by atoms with Crippen LogP contribution in [-0.4, -0.2) is 39.0 Å². The average molecular weight is 455 g/mol. The second-order valence-corrected chi connectivity index (χ2v) is 9.01. The fraction of sp³-hybridized carbons (Fsp3) is 0.321. The Morgan fingerprint density at radius 1 is 1.03 bits per heavy atom. The van der Waals surface area contributed by atoms with Gasteiger partial charge in [0.1, 0.15) is 17.1 Å². The summed E-state index contributed by atoms with van der Waals surface area (Å²) in [7, 11) is 1.67. The van der Waals surface area contributed by atoms with Gasteiger partial charge < -0.3 is 14.2 Å². The van der Waals surface area contributed by atoms with Gasteiger partial charge in [-0.2, -0.15) is 0 Å². The Labute approximate surface area is 200 Å². The fourth-order valence-corrected chi connectivity index (χ4v) is 4.88. The Morgan fingerprint density at radius 3 is 2.56 bits per heavy atom. The molecule has 5 rings (SSSR count). The second kappa shape index (κ2) is 9.67. The number of nitrogens with zero attached hydrogens (tertiary/aromatic N) is 4. The van der Waals surface area contributed by atoms with Crippen molar-refractivity contribution in [3.8, 4) is 17.1 Å². The molecule has 0 bridgehead atoms. The van der Waals surface area contributed by atoms with Crippen molar-refractivity contribution in [1.29, 1.82) is 0 Å². The summed E-state index contributed by atoms with van der Waals surface area (Å²) in [6.45, 7) is 4.23. The molecule has 2 aromatic heterocycles. The van der Waals surface area contributed by atoms with Crippen molar-refractivity contribution in [3.63, 3.8) is 0 Å². The number of rotatable bonds is 8. The molecule has 1 fully saturated rings. The summed E-state index contributed by atoms with van der Waals surface area (Å²) in [5.74, 6) is 2.41. The molecule has 6 heteroatoms. The van der Waals surface area contributed by atoms with Gasteiger partial charge in [0.05, 0.1) is 13.7 Å². The smallest absolute Gasteiger partial charge is 0.223 e. The van der Waals surface area contributed by atoms with Crippen molar-refractivity contribution in [1.82, 2.24) is 19.4 Å². The molecular formula is C28H30N4O2. The van der Waals surface area contributed by atoms with E-state index in [9.17, 15) is 4.79 Å². The zero-order valence-corrected chi connectivity index (χ0v) is 19.8. The quantitative estimate of drug-likeness (QED) is 0.362. The third-order valence-corrected chi connectivity index (χ3v) is 6.60. The first-order chi connectivity index (χ1) is 16.7. The predicted molar refractivity (Wildman–Crippen MR) is 133 cm³/mol. The highest BCUT2D eigenvalue weighted by Gasteiger charge is 2.29. The molecule has 0 saturated carbocycles. The molecule has 4 aromatic rings. The molecular weight excluding hydrogens is 424 g/mol. The standard InChI is InChI=1S/C28H30N4O2/c1-3-7-21-16-25(33)31(17-21)19-23-14-15-29-28-26(23)30-27(22-8-5-4-6-9-22)32(28)18-20-10-12-24(34-2)13-11-20/h4-6,8-15,21H,3,7,16-19H2,1-2H3. The van der Waals surface area contributed by atoms with E-state index in [0.717, 1.165) is 58.8 Å². The number of pyridine rings is 1. The van der Waals surface area contributed by atoms with Crippen LogP contribution in [-0.2, 0) is 17.9 Å². The molecule has 34 heavy (non-hydrogen) atoms. The van der Waals surface area contributed by atoms with E-state index < -0.39 is 0 Å². The van der Waals surface area contributed by atoms with Gasteiger partial charge >= 0.3 is 0 Å². The minimum Gasteiger partial charge on any atom is -0.497 e. The van der Waals surface area contributed by atoms with E-state index in [1.54, 1.807) is 7.11 Å². The molecule has 6 nitrogen and oxygen atoms in total. The number of amides is 1. The van der Waals surface area contributed by atoms with Crippen LogP contribution in [0.2, 0.25) is 0 Å². The SMILES string of the molecule is CCCC1CC(=O)N(Cc2ccnc3c2nc(-c2ccccc2)n3Cc2ccc(OC)cc2)C1. The van der Waals surface area contributed by atoms with Crippen molar-refractivity contribution < 1.29 is 9.53 Å². The Balaban J connectivity index is 1.54. The van der Waals surface area contributed by atoms with Gasteiger partial charge in [-0.15, -0.1) is 0 Å². The van der Waals surface area contributed by atoms with Crippen molar-refractivity contribution >= 4 is 17.1 Å². The Bertz CT molecular complexity index is 1280. The highest BCUT2D eigenvalue weighted by atomic mass is 16.5. The van der Waals surface area contributed by atoms with Gasteiger partial charge in [-0.1, -0.05) is 55.8 Å². The molecule has 0 N–H and O–H groups in total. The molecule has 0 aliphatic carbocycles. The van der Waals surface area contributed by atoms with Crippen LogP contribution in [0.15, 0.2) is 66.9 Å². The van der Waals surface area contributed by atoms with Gasteiger partial charge in [-0.25, -0.2) is 9.97 Å². The topological polar surface area (TPSA) is 60.2 Å². The summed E-state index contributed by atoms with van der Waals surface area (Å²) in [5.41, 5.74) is 4.92. The molecule has 1 amide bonds. The number of hydrogen-bond donors (Lipinski definition) is 0. The maximum atomic E-state index is 12.7. The number of imidazole rings is 1. The van der Waals surface area contributed by atoms with E-state index >= 15 is 0 Å². The number of carbonyl (C=O) groups is 1. The van der Waals surface area contributed by atoms with E-state index in [1.165, 1.54) is 0 Å². The third kappa shape index (κ3) is 4.40. The van der Waals surface area contributed by atoms with E-state index in [2.05, 4.69) is 35.8 Å². The van der Waals surface area contributed by atoms with Crippen LogP contribution in [0.3, 0.4) is 0 Å². The van der Waals surface area contributed by atoms with Crippen molar-refractivity contribution in [2.24, 2.45) is 5.92 Å². The first kappa shape index (κ1) is 22.1. The predicted octanol–water partition coefficient (Wildman–Crippen LogP) is 5.30. The van der Waals surface area contributed by atoms with E-state index in [1.807, 2.05) is 47.5 Å². The molecule has 1 atom stereocenters. The summed E-state index contributed by atoms with van der Waals surface area (Å²) in [4.78, 5) is 24.4. The lowest BCUT2D eigenvalue weighted by atomic mass is 10.0. The number of aromatic nitrogens is 3. The molecule has 2 aromatic carbocycles. The Hall–Kier alpha value is -3.67. The van der Waals surface area contributed by atoms with Gasteiger partial charge in [0.15, 0.2) is 5.65 Å². The van der Waals surface area contributed by atoms with Crippen LogP contribution in [0.25, 0.3) is 22.6 Å². The highest BCUT2D eigenvalue weighted by molar-refractivity contribution is 5.82. The minimum absolute atomic E-state index is 0.240.